The summed E-state index contributed by atoms with van der Waals surface area (Å²) in [7, 11) is -4.13. The summed E-state index contributed by atoms with van der Waals surface area (Å²) in [6, 6.07) is 5.86. The van der Waals surface area contributed by atoms with Crippen LogP contribution in [0.3, 0.4) is 0 Å². The highest BCUT2D eigenvalue weighted by atomic mass is 79.9. The number of hydrogen-bond acceptors (Lipinski definition) is 1. The monoisotopic (exact) mass is 314 g/mol. The van der Waals surface area contributed by atoms with E-state index in [1.807, 2.05) is 0 Å². The molecule has 0 fully saturated rings. The molecule has 1 aromatic carbocycles. The lowest BCUT2D eigenvalue weighted by molar-refractivity contribution is -0.0797. The molecule has 16 heavy (non-hydrogen) atoms. The first-order valence-corrected chi connectivity index (χ1v) is 6.59. The van der Waals surface area contributed by atoms with Crippen molar-refractivity contribution in [2.45, 2.75) is 6.18 Å². The molecule has 2 nitrogen and oxygen atoms in total. The molecule has 1 rings (SSSR count). The molecule has 0 bridgehead atoms. The molecule has 0 aromatic heterocycles. The predicted molar refractivity (Wildman–Crippen MR) is 58.8 cm³/mol. The molecule has 1 atom stereocenters. The molecule has 0 aliphatic rings. The van der Waals surface area contributed by atoms with Crippen molar-refractivity contribution < 1.29 is 22.6 Å². The summed E-state index contributed by atoms with van der Waals surface area (Å²) in [4.78, 5) is 9.47. The number of alkyl halides is 3. The van der Waals surface area contributed by atoms with Gasteiger partial charge >= 0.3 is 6.18 Å². The van der Waals surface area contributed by atoms with Crippen molar-refractivity contribution in [2.24, 2.45) is 0 Å². The third-order valence-electron chi connectivity index (χ3n) is 1.66. The first-order valence-electron chi connectivity index (χ1n) is 4.07. The Balaban J connectivity index is 3.09. The van der Waals surface area contributed by atoms with Gasteiger partial charge in [0.2, 0.25) is 0 Å². The van der Waals surface area contributed by atoms with Crippen molar-refractivity contribution >= 4 is 28.6 Å². The predicted octanol–water partition coefficient (Wildman–Crippen LogP) is 3.42. The maximum absolute atomic E-state index is 11.9. The maximum Gasteiger partial charge on any atom is 0.409 e. The number of allylic oxidation sites excluding steroid dienone is 1. The van der Waals surface area contributed by atoms with Crippen molar-refractivity contribution in [3.63, 3.8) is 0 Å². The molecule has 0 radical (unpaired) electrons. The molecule has 7 heteroatoms. The van der Waals surface area contributed by atoms with Gasteiger partial charge in [-0.3, -0.25) is 4.57 Å². The van der Waals surface area contributed by atoms with E-state index in [1.54, 1.807) is 6.07 Å². The van der Waals surface area contributed by atoms with Crippen LogP contribution >= 0.6 is 23.3 Å². The third-order valence-corrected chi connectivity index (χ3v) is 4.29. The Morgan fingerprint density at radius 1 is 1.31 bits per heavy atom. The van der Waals surface area contributed by atoms with Gasteiger partial charge in [-0.2, -0.15) is 13.2 Å². The van der Waals surface area contributed by atoms with Crippen molar-refractivity contribution in [1.82, 2.24) is 0 Å². The van der Waals surface area contributed by atoms with Gasteiger partial charge in [-0.05, 0) is 28.1 Å². The SMILES string of the molecule is O=P(O)(C=CC(F)(F)F)c1ccccc1Br. The van der Waals surface area contributed by atoms with E-state index in [0.717, 1.165) is 0 Å². The molecular weight excluding hydrogens is 308 g/mol. The highest BCUT2D eigenvalue weighted by Gasteiger charge is 2.27. The van der Waals surface area contributed by atoms with Crippen molar-refractivity contribution in [3.05, 3.63) is 40.6 Å². The van der Waals surface area contributed by atoms with Gasteiger partial charge in [0.15, 0.2) is 0 Å². The van der Waals surface area contributed by atoms with Gasteiger partial charge in [0, 0.05) is 16.4 Å². The lowest BCUT2D eigenvalue weighted by Crippen LogP contribution is -2.06. The Morgan fingerprint density at radius 2 is 1.88 bits per heavy atom. The Kier molecular flexibility index (Phi) is 3.99. The van der Waals surface area contributed by atoms with E-state index < -0.39 is 13.5 Å². The van der Waals surface area contributed by atoms with Gasteiger partial charge in [-0.15, -0.1) is 0 Å². The van der Waals surface area contributed by atoms with Crippen molar-refractivity contribution in [1.29, 1.82) is 0 Å². The average molecular weight is 315 g/mol. The summed E-state index contributed by atoms with van der Waals surface area (Å²) in [5.41, 5.74) is 0. The van der Waals surface area contributed by atoms with Crippen LogP contribution < -0.4 is 5.30 Å². The third kappa shape index (κ3) is 3.77. The fourth-order valence-corrected chi connectivity index (χ4v) is 3.24. The second kappa shape index (κ2) is 4.73. The zero-order chi connectivity index (χ0) is 12.4. The van der Waals surface area contributed by atoms with Crippen molar-refractivity contribution in [3.8, 4) is 0 Å². The van der Waals surface area contributed by atoms with Gasteiger partial charge in [0.05, 0.1) is 5.30 Å². The zero-order valence-corrected chi connectivity index (χ0v) is 10.3. The zero-order valence-electron chi connectivity index (χ0n) is 7.78. The Morgan fingerprint density at radius 3 is 2.38 bits per heavy atom. The molecule has 0 amide bonds. The second-order valence-electron chi connectivity index (χ2n) is 2.93. The lowest BCUT2D eigenvalue weighted by Gasteiger charge is -2.09. The van der Waals surface area contributed by atoms with Gasteiger partial charge < -0.3 is 4.89 Å². The van der Waals surface area contributed by atoms with E-state index in [4.69, 9.17) is 0 Å². The molecule has 0 saturated carbocycles. The lowest BCUT2D eigenvalue weighted by atomic mass is 10.4. The Bertz CT molecular complexity index is 456. The molecule has 0 aliphatic carbocycles. The molecule has 1 aromatic rings. The Labute approximate surface area is 98.4 Å². The molecule has 0 aliphatic heterocycles. The molecule has 1 N–H and O–H groups in total. The second-order valence-corrected chi connectivity index (χ2v) is 5.81. The van der Waals surface area contributed by atoms with Crippen LogP contribution in [0.25, 0.3) is 0 Å². The van der Waals surface area contributed by atoms with Crippen LogP contribution in [-0.4, -0.2) is 11.1 Å². The first kappa shape index (κ1) is 13.5. The highest BCUT2D eigenvalue weighted by Crippen LogP contribution is 2.44. The van der Waals surface area contributed by atoms with E-state index in [2.05, 4.69) is 15.9 Å². The summed E-state index contributed by atoms with van der Waals surface area (Å²) in [6.07, 6.45) is -4.83. The summed E-state index contributed by atoms with van der Waals surface area (Å²) in [6.45, 7) is 0. The first-order chi connectivity index (χ1) is 7.22. The quantitative estimate of drug-likeness (QED) is 0.849. The maximum atomic E-state index is 11.9. The molecule has 0 spiro atoms. The van der Waals surface area contributed by atoms with Crippen LogP contribution in [0.1, 0.15) is 0 Å². The van der Waals surface area contributed by atoms with Crippen LogP contribution in [0.4, 0.5) is 13.2 Å². The fraction of sp³-hybridized carbons (Fsp3) is 0.111. The topological polar surface area (TPSA) is 37.3 Å². The molecule has 1 unspecified atom stereocenters. The fourth-order valence-electron chi connectivity index (χ4n) is 0.977. The molecule has 0 saturated heterocycles. The van der Waals surface area contributed by atoms with E-state index in [-0.39, 0.29) is 17.2 Å². The van der Waals surface area contributed by atoms with E-state index in [0.29, 0.717) is 4.47 Å². The van der Waals surface area contributed by atoms with Crippen LogP contribution in [0.2, 0.25) is 0 Å². The van der Waals surface area contributed by atoms with Crippen molar-refractivity contribution in [2.75, 3.05) is 0 Å². The number of halogens is 4. The number of hydrogen-bond donors (Lipinski definition) is 1. The standard InChI is InChI=1S/C9H7BrF3O2P/c10-7-3-1-2-4-8(7)16(14,15)6-5-9(11,12)13/h1-6H,(H,14,15). The summed E-state index contributed by atoms with van der Waals surface area (Å²) < 4.78 is 47.5. The largest absolute Gasteiger partial charge is 0.409 e. The van der Waals surface area contributed by atoms with E-state index >= 15 is 0 Å². The van der Waals surface area contributed by atoms with Gasteiger partial charge in [0.25, 0.3) is 7.37 Å². The van der Waals surface area contributed by atoms with Crippen LogP contribution in [0.5, 0.6) is 0 Å². The van der Waals surface area contributed by atoms with Gasteiger partial charge in [-0.1, -0.05) is 12.1 Å². The number of benzene rings is 1. The van der Waals surface area contributed by atoms with Crippen LogP contribution in [0, 0.1) is 0 Å². The van der Waals surface area contributed by atoms with Gasteiger partial charge in [0.1, 0.15) is 0 Å². The van der Waals surface area contributed by atoms with Crippen LogP contribution in [0.15, 0.2) is 40.6 Å². The minimum absolute atomic E-state index is 0.0597. The summed E-state index contributed by atoms with van der Waals surface area (Å²) in [5, 5.41) is -0.0597. The van der Waals surface area contributed by atoms with Gasteiger partial charge in [-0.25, -0.2) is 0 Å². The minimum Gasteiger partial charge on any atom is -0.338 e. The normalized spacial score (nSPS) is 16.3. The van der Waals surface area contributed by atoms with Crippen LogP contribution in [-0.2, 0) is 4.57 Å². The number of rotatable bonds is 2. The highest BCUT2D eigenvalue weighted by molar-refractivity contribution is 9.10. The van der Waals surface area contributed by atoms with E-state index in [1.165, 1.54) is 18.2 Å². The summed E-state index contributed by atoms with van der Waals surface area (Å²) >= 11 is 3.01. The smallest absolute Gasteiger partial charge is 0.338 e. The minimum atomic E-state index is -4.60. The molecular formula is C9H7BrF3O2P. The molecule has 0 heterocycles. The van der Waals surface area contributed by atoms with E-state index in [9.17, 15) is 22.6 Å². The molecule has 88 valence electrons. The average Bonchev–Trinajstić information content (AvgIpc) is 2.14. The Hall–Kier alpha value is -0.580. The summed E-state index contributed by atoms with van der Waals surface area (Å²) in [5.74, 6) is 0.285.